The van der Waals surface area contributed by atoms with Crippen molar-refractivity contribution < 1.29 is 9.53 Å². The predicted octanol–water partition coefficient (Wildman–Crippen LogP) is 7.01. The molecule has 3 aromatic carbocycles. The van der Waals surface area contributed by atoms with E-state index in [2.05, 4.69) is 34.1 Å². The molecule has 0 saturated heterocycles. The molecule has 0 amide bonds. The van der Waals surface area contributed by atoms with Gasteiger partial charge < -0.3 is 4.74 Å². The zero-order chi connectivity index (χ0) is 26.3. The first kappa shape index (κ1) is 25.1. The summed E-state index contributed by atoms with van der Waals surface area (Å²) in [7, 11) is 1.62. The normalized spacial score (nSPS) is 15.2. The topological polar surface area (TPSA) is 61.2 Å². The maximum atomic E-state index is 14.5. The number of methoxy groups -OCH3 is 1. The largest absolute Gasteiger partial charge is 0.497 e. The van der Waals surface area contributed by atoms with Crippen LogP contribution in [0.25, 0.3) is 16.9 Å². The monoisotopic (exact) mass is 586 g/mol. The molecule has 192 valence electrons. The average Bonchev–Trinajstić information content (AvgIpc) is 3.40. The van der Waals surface area contributed by atoms with E-state index in [1.54, 1.807) is 11.7 Å². The Morgan fingerprint density at radius 3 is 2.45 bits per heavy atom. The molecule has 0 N–H and O–H groups in total. The SMILES string of the molecule is COc1ccc(-n2c(SCC(=O)c3ccc(Br)cc3)nc3c(c2=O)C2(CCCC2)Cc2ccccc2-3)cc1. The Balaban J connectivity index is 1.51. The van der Waals surface area contributed by atoms with Gasteiger partial charge in [-0.1, -0.05) is 76.9 Å². The highest BCUT2D eigenvalue weighted by atomic mass is 79.9. The van der Waals surface area contributed by atoms with Gasteiger partial charge >= 0.3 is 0 Å². The molecule has 7 heteroatoms. The van der Waals surface area contributed by atoms with Gasteiger partial charge in [-0.3, -0.25) is 14.2 Å². The van der Waals surface area contributed by atoms with E-state index in [1.165, 1.54) is 17.3 Å². The summed E-state index contributed by atoms with van der Waals surface area (Å²) in [6.07, 6.45) is 5.07. The van der Waals surface area contributed by atoms with Crippen LogP contribution in [0.1, 0.15) is 47.2 Å². The molecule has 1 heterocycles. The minimum Gasteiger partial charge on any atom is -0.497 e. The minimum absolute atomic E-state index is 0.0107. The number of rotatable bonds is 6. The summed E-state index contributed by atoms with van der Waals surface area (Å²) >= 11 is 4.73. The van der Waals surface area contributed by atoms with Crippen LogP contribution in [-0.4, -0.2) is 28.2 Å². The molecule has 0 aliphatic heterocycles. The Morgan fingerprint density at radius 1 is 1.03 bits per heavy atom. The van der Waals surface area contributed by atoms with Crippen molar-refractivity contribution in [2.75, 3.05) is 12.9 Å². The predicted molar refractivity (Wildman–Crippen MR) is 155 cm³/mol. The summed E-state index contributed by atoms with van der Waals surface area (Å²) < 4.78 is 7.97. The third kappa shape index (κ3) is 4.41. The molecule has 2 aliphatic carbocycles. The summed E-state index contributed by atoms with van der Waals surface area (Å²) in [5.41, 5.74) is 5.01. The lowest BCUT2D eigenvalue weighted by Crippen LogP contribution is -2.40. The number of carbonyl (C=O) groups excluding carboxylic acids is 1. The van der Waals surface area contributed by atoms with Gasteiger partial charge in [-0.15, -0.1) is 0 Å². The van der Waals surface area contributed by atoms with Crippen LogP contribution >= 0.6 is 27.7 Å². The number of carbonyl (C=O) groups is 1. The number of Topliss-reactive ketones (excluding diaryl/α,β-unsaturated/α-hetero) is 1. The second kappa shape index (κ2) is 10.2. The highest BCUT2D eigenvalue weighted by molar-refractivity contribution is 9.10. The Morgan fingerprint density at radius 2 is 1.74 bits per heavy atom. The molecule has 4 aromatic rings. The van der Waals surface area contributed by atoms with E-state index in [1.807, 2.05) is 54.6 Å². The Bertz CT molecular complexity index is 1570. The molecule has 1 spiro atoms. The van der Waals surface area contributed by atoms with Crippen molar-refractivity contribution >= 4 is 33.5 Å². The Kier molecular flexibility index (Phi) is 6.74. The van der Waals surface area contributed by atoms with Crippen molar-refractivity contribution in [3.63, 3.8) is 0 Å². The Hall–Kier alpha value is -3.16. The minimum atomic E-state index is -0.196. The number of benzene rings is 3. The number of halogens is 1. The maximum Gasteiger partial charge on any atom is 0.263 e. The van der Waals surface area contributed by atoms with E-state index in [4.69, 9.17) is 9.72 Å². The number of hydrogen-bond donors (Lipinski definition) is 0. The van der Waals surface area contributed by atoms with Crippen molar-refractivity contribution in [2.45, 2.75) is 42.7 Å². The summed E-state index contributed by atoms with van der Waals surface area (Å²) in [6, 6.07) is 23.1. The fourth-order valence-electron chi connectivity index (χ4n) is 5.92. The first-order chi connectivity index (χ1) is 18.5. The number of ether oxygens (including phenoxy) is 1. The first-order valence-electron chi connectivity index (χ1n) is 12.8. The molecule has 0 bridgehead atoms. The molecular weight excluding hydrogens is 560 g/mol. The molecule has 1 aromatic heterocycles. The van der Waals surface area contributed by atoms with Crippen LogP contribution in [0.4, 0.5) is 0 Å². The van der Waals surface area contributed by atoms with Crippen molar-refractivity contribution in [3.8, 4) is 22.7 Å². The van der Waals surface area contributed by atoms with Crippen LogP contribution in [0.2, 0.25) is 0 Å². The lowest BCUT2D eigenvalue weighted by atomic mass is 9.68. The zero-order valence-corrected chi connectivity index (χ0v) is 23.5. The van der Waals surface area contributed by atoms with Gasteiger partial charge in [0.15, 0.2) is 10.9 Å². The number of aromatic nitrogens is 2. The molecule has 6 rings (SSSR count). The van der Waals surface area contributed by atoms with Gasteiger partial charge in [0.2, 0.25) is 0 Å². The van der Waals surface area contributed by atoms with E-state index in [9.17, 15) is 9.59 Å². The summed E-state index contributed by atoms with van der Waals surface area (Å²) in [5.74, 6) is 0.882. The number of fused-ring (bicyclic) bond motifs is 4. The Labute approximate surface area is 234 Å². The van der Waals surface area contributed by atoms with E-state index in [0.717, 1.165) is 59.1 Å². The number of hydrogen-bond acceptors (Lipinski definition) is 5. The second-order valence-electron chi connectivity index (χ2n) is 10.00. The van der Waals surface area contributed by atoms with Gasteiger partial charge in [0, 0.05) is 21.0 Å². The summed E-state index contributed by atoms with van der Waals surface area (Å²) in [6.45, 7) is 0. The molecule has 1 fully saturated rings. The maximum absolute atomic E-state index is 14.5. The third-order valence-corrected chi connectivity index (χ3v) is 9.24. The highest BCUT2D eigenvalue weighted by Crippen LogP contribution is 2.50. The van der Waals surface area contributed by atoms with E-state index in [-0.39, 0.29) is 22.5 Å². The van der Waals surface area contributed by atoms with Gasteiger partial charge in [0.1, 0.15) is 5.75 Å². The molecule has 1 saturated carbocycles. The third-order valence-electron chi connectivity index (χ3n) is 7.77. The summed E-state index contributed by atoms with van der Waals surface area (Å²) in [4.78, 5) is 32.7. The zero-order valence-electron chi connectivity index (χ0n) is 21.1. The highest BCUT2D eigenvalue weighted by Gasteiger charge is 2.44. The van der Waals surface area contributed by atoms with Crippen LogP contribution in [-0.2, 0) is 11.8 Å². The van der Waals surface area contributed by atoms with E-state index < -0.39 is 0 Å². The molecule has 0 unspecified atom stereocenters. The number of thioether (sulfide) groups is 1. The van der Waals surface area contributed by atoms with Gasteiger partial charge in [-0.2, -0.15) is 0 Å². The molecule has 0 radical (unpaired) electrons. The fraction of sp³-hybridized carbons (Fsp3) is 0.258. The lowest BCUT2D eigenvalue weighted by Gasteiger charge is -2.36. The molecule has 2 aliphatic rings. The van der Waals surface area contributed by atoms with E-state index >= 15 is 0 Å². The van der Waals surface area contributed by atoms with Crippen LogP contribution in [0, 0.1) is 0 Å². The molecule has 38 heavy (non-hydrogen) atoms. The van der Waals surface area contributed by atoms with Gasteiger partial charge in [-0.25, -0.2) is 4.98 Å². The van der Waals surface area contributed by atoms with Crippen molar-refractivity contribution in [1.29, 1.82) is 0 Å². The van der Waals surface area contributed by atoms with Crippen LogP contribution in [0.5, 0.6) is 5.75 Å². The van der Waals surface area contributed by atoms with Crippen molar-refractivity contribution in [1.82, 2.24) is 9.55 Å². The average molecular weight is 588 g/mol. The van der Waals surface area contributed by atoms with Crippen LogP contribution in [0.15, 0.2) is 87.2 Å². The molecular formula is C31H27BrN2O3S. The smallest absolute Gasteiger partial charge is 0.263 e. The molecule has 5 nitrogen and oxygen atoms in total. The first-order valence-corrected chi connectivity index (χ1v) is 14.6. The quantitative estimate of drug-likeness (QED) is 0.138. The van der Waals surface area contributed by atoms with Crippen LogP contribution < -0.4 is 10.3 Å². The van der Waals surface area contributed by atoms with Gasteiger partial charge in [0.05, 0.1) is 29.8 Å². The second-order valence-corrected chi connectivity index (χ2v) is 11.9. The van der Waals surface area contributed by atoms with Gasteiger partial charge in [-0.05, 0) is 61.2 Å². The fourth-order valence-corrected chi connectivity index (χ4v) is 7.08. The lowest BCUT2D eigenvalue weighted by molar-refractivity contribution is 0.102. The van der Waals surface area contributed by atoms with E-state index in [0.29, 0.717) is 16.5 Å². The van der Waals surface area contributed by atoms with Gasteiger partial charge in [0.25, 0.3) is 5.56 Å². The van der Waals surface area contributed by atoms with Crippen LogP contribution in [0.3, 0.4) is 0 Å². The number of ketones is 1. The summed E-state index contributed by atoms with van der Waals surface area (Å²) in [5, 5.41) is 0.522. The van der Waals surface area contributed by atoms with Crippen molar-refractivity contribution in [2.24, 2.45) is 0 Å². The molecule has 0 atom stereocenters. The number of nitrogens with zero attached hydrogens (tertiary/aromatic N) is 2. The standard InChI is InChI=1S/C31H27BrN2O3S/c1-37-24-14-12-23(13-15-24)34-29(36)27-28(25-7-3-2-6-21(25)18-31(27)16-4-5-17-31)33-30(34)38-19-26(35)20-8-10-22(32)11-9-20/h2-3,6-15H,4-5,16-19H2,1H3. The van der Waals surface area contributed by atoms with Crippen molar-refractivity contribution in [3.05, 3.63) is 104 Å².